The molecule has 0 fully saturated rings. The van der Waals surface area contributed by atoms with Crippen LogP contribution < -0.4 is 5.73 Å². The van der Waals surface area contributed by atoms with E-state index in [1.807, 2.05) is 0 Å². The van der Waals surface area contributed by atoms with Gasteiger partial charge in [-0.1, -0.05) is 27.7 Å². The van der Waals surface area contributed by atoms with Gasteiger partial charge in [0.25, 0.3) is 0 Å². The minimum Gasteiger partial charge on any atom is -0.378 e. The smallest absolute Gasteiger partial charge is 0.159 e. The average Bonchev–Trinajstić information content (AvgIpc) is 2.14. The zero-order valence-corrected chi connectivity index (χ0v) is 6.50. The van der Waals surface area contributed by atoms with Crippen molar-refractivity contribution in [2.45, 2.75) is 0 Å². The lowest BCUT2D eigenvalue weighted by Gasteiger charge is -1.79. The SMILES string of the molecule is NC1=NC(=CBr)CS1. The summed E-state index contributed by atoms with van der Waals surface area (Å²) < 4.78 is 0. The van der Waals surface area contributed by atoms with E-state index in [9.17, 15) is 0 Å². The van der Waals surface area contributed by atoms with Crippen molar-refractivity contribution in [1.29, 1.82) is 0 Å². The van der Waals surface area contributed by atoms with Gasteiger partial charge < -0.3 is 5.73 Å². The largest absolute Gasteiger partial charge is 0.378 e. The zero-order chi connectivity index (χ0) is 5.98. The van der Waals surface area contributed by atoms with Crippen molar-refractivity contribution in [3.8, 4) is 0 Å². The quantitative estimate of drug-likeness (QED) is 0.629. The van der Waals surface area contributed by atoms with Crippen LogP contribution in [0.1, 0.15) is 0 Å². The van der Waals surface area contributed by atoms with E-state index in [0.29, 0.717) is 5.17 Å². The molecule has 0 aromatic rings. The summed E-state index contributed by atoms with van der Waals surface area (Å²) in [5, 5.41) is 0.663. The molecule has 2 N–H and O–H groups in total. The van der Waals surface area contributed by atoms with Gasteiger partial charge in [0.1, 0.15) is 0 Å². The number of halogens is 1. The lowest BCUT2D eigenvalue weighted by molar-refractivity contribution is 1.36. The first-order valence-corrected chi connectivity index (χ1v) is 3.99. The molecular formula is C4H5BrN2S. The predicted molar refractivity (Wildman–Crippen MR) is 41.1 cm³/mol. The lowest BCUT2D eigenvalue weighted by Crippen LogP contribution is -2.00. The van der Waals surface area contributed by atoms with Gasteiger partial charge in [-0.25, -0.2) is 4.99 Å². The third-order valence-corrected chi connectivity index (χ3v) is 2.10. The van der Waals surface area contributed by atoms with Crippen molar-refractivity contribution in [2.75, 3.05) is 5.75 Å². The van der Waals surface area contributed by atoms with Crippen LogP contribution >= 0.6 is 27.7 Å². The number of amidine groups is 1. The van der Waals surface area contributed by atoms with Gasteiger partial charge >= 0.3 is 0 Å². The van der Waals surface area contributed by atoms with Crippen molar-refractivity contribution < 1.29 is 0 Å². The van der Waals surface area contributed by atoms with Crippen molar-refractivity contribution in [3.05, 3.63) is 10.7 Å². The van der Waals surface area contributed by atoms with Crippen LogP contribution in [0.2, 0.25) is 0 Å². The molecular weight excluding hydrogens is 188 g/mol. The van der Waals surface area contributed by atoms with E-state index in [0.717, 1.165) is 11.4 Å². The third kappa shape index (κ3) is 1.26. The minimum absolute atomic E-state index is 0.663. The topological polar surface area (TPSA) is 38.4 Å². The molecule has 0 saturated heterocycles. The van der Waals surface area contributed by atoms with Gasteiger partial charge in [0.2, 0.25) is 0 Å². The molecule has 44 valence electrons. The summed E-state index contributed by atoms with van der Waals surface area (Å²) in [5.41, 5.74) is 6.36. The first-order chi connectivity index (χ1) is 3.83. The highest BCUT2D eigenvalue weighted by atomic mass is 79.9. The van der Waals surface area contributed by atoms with E-state index in [1.54, 1.807) is 16.7 Å². The maximum atomic E-state index is 5.35. The number of nitrogens with zero attached hydrogens (tertiary/aromatic N) is 1. The molecule has 0 aliphatic carbocycles. The molecule has 4 heteroatoms. The highest BCUT2D eigenvalue weighted by Crippen LogP contribution is 2.18. The Morgan fingerprint density at radius 1 is 1.88 bits per heavy atom. The molecule has 0 radical (unpaired) electrons. The second-order valence-electron chi connectivity index (χ2n) is 1.34. The molecule has 1 heterocycles. The Labute approximate surface area is 60.4 Å². The number of nitrogens with two attached hydrogens (primary N) is 1. The second kappa shape index (κ2) is 2.55. The van der Waals surface area contributed by atoms with Crippen LogP contribution in [0.4, 0.5) is 0 Å². The van der Waals surface area contributed by atoms with E-state index >= 15 is 0 Å². The fourth-order valence-electron chi connectivity index (χ4n) is 0.410. The Morgan fingerprint density at radius 3 is 2.88 bits per heavy atom. The molecule has 0 aromatic carbocycles. The number of aliphatic imine (C=N–C) groups is 1. The molecule has 2 nitrogen and oxygen atoms in total. The van der Waals surface area contributed by atoms with Crippen molar-refractivity contribution in [1.82, 2.24) is 0 Å². The van der Waals surface area contributed by atoms with E-state index < -0.39 is 0 Å². The van der Waals surface area contributed by atoms with Crippen molar-refractivity contribution in [3.63, 3.8) is 0 Å². The van der Waals surface area contributed by atoms with Crippen LogP contribution in [0.5, 0.6) is 0 Å². The standard InChI is InChI=1S/C4H5BrN2S/c5-1-3-2-8-4(6)7-3/h1H,2H2,(H2,6,7). The monoisotopic (exact) mass is 192 g/mol. The van der Waals surface area contributed by atoms with Gasteiger partial charge in [-0.3, -0.25) is 0 Å². The Morgan fingerprint density at radius 2 is 2.62 bits per heavy atom. The Kier molecular flexibility index (Phi) is 1.96. The van der Waals surface area contributed by atoms with Crippen LogP contribution in [0.15, 0.2) is 15.7 Å². The van der Waals surface area contributed by atoms with Gasteiger partial charge in [-0.05, 0) is 0 Å². The number of thioether (sulfide) groups is 1. The summed E-state index contributed by atoms with van der Waals surface area (Å²) >= 11 is 4.73. The normalized spacial score (nSPS) is 24.1. The van der Waals surface area contributed by atoms with Gasteiger partial charge in [-0.2, -0.15) is 0 Å². The predicted octanol–water partition coefficient (Wildman–Crippen LogP) is 1.28. The second-order valence-corrected chi connectivity index (χ2v) is 2.79. The summed E-state index contributed by atoms with van der Waals surface area (Å²) in [4.78, 5) is 5.77. The maximum absolute atomic E-state index is 5.35. The summed E-state index contributed by atoms with van der Waals surface area (Å²) in [6, 6.07) is 0. The lowest BCUT2D eigenvalue weighted by atomic mass is 10.6. The van der Waals surface area contributed by atoms with Gasteiger partial charge in [0.15, 0.2) is 5.17 Å². The van der Waals surface area contributed by atoms with E-state index in [4.69, 9.17) is 5.73 Å². The Balaban J connectivity index is 2.67. The fourth-order valence-corrected chi connectivity index (χ4v) is 1.51. The minimum atomic E-state index is 0.663. The van der Waals surface area contributed by atoms with E-state index in [-0.39, 0.29) is 0 Å². The number of hydrogen-bond donors (Lipinski definition) is 1. The highest BCUT2D eigenvalue weighted by molar-refractivity contribution is 9.11. The summed E-state index contributed by atoms with van der Waals surface area (Å²) in [5.74, 6) is 0.900. The zero-order valence-electron chi connectivity index (χ0n) is 4.10. The van der Waals surface area contributed by atoms with Crippen LogP contribution in [0.25, 0.3) is 0 Å². The van der Waals surface area contributed by atoms with Crippen molar-refractivity contribution in [2.24, 2.45) is 10.7 Å². The summed E-state index contributed by atoms with van der Waals surface area (Å²) in [6.07, 6.45) is 0. The van der Waals surface area contributed by atoms with Crippen LogP contribution in [0, 0.1) is 0 Å². The molecule has 8 heavy (non-hydrogen) atoms. The van der Waals surface area contributed by atoms with Gasteiger partial charge in [0, 0.05) is 10.7 Å². The molecule has 1 rings (SSSR count). The van der Waals surface area contributed by atoms with E-state index in [1.165, 1.54) is 0 Å². The molecule has 1 aliphatic rings. The molecule has 1 aliphatic heterocycles. The molecule has 0 unspecified atom stereocenters. The molecule has 0 atom stereocenters. The molecule has 0 aromatic heterocycles. The number of rotatable bonds is 0. The Bertz CT molecular complexity index is 152. The summed E-state index contributed by atoms with van der Waals surface area (Å²) in [6.45, 7) is 0. The number of hydrogen-bond acceptors (Lipinski definition) is 3. The third-order valence-electron chi connectivity index (χ3n) is 0.748. The molecule has 0 amide bonds. The van der Waals surface area contributed by atoms with Crippen LogP contribution in [0.3, 0.4) is 0 Å². The Hall–Kier alpha value is 0.0400. The molecule has 0 saturated carbocycles. The average molecular weight is 193 g/mol. The van der Waals surface area contributed by atoms with Crippen molar-refractivity contribution >= 4 is 32.9 Å². The first-order valence-electron chi connectivity index (χ1n) is 2.09. The first kappa shape index (κ1) is 6.16. The highest BCUT2D eigenvalue weighted by Gasteiger charge is 2.05. The maximum Gasteiger partial charge on any atom is 0.159 e. The van der Waals surface area contributed by atoms with Crippen LogP contribution in [-0.2, 0) is 0 Å². The fraction of sp³-hybridized carbons (Fsp3) is 0.250. The van der Waals surface area contributed by atoms with Gasteiger partial charge in [0.05, 0.1) is 5.70 Å². The van der Waals surface area contributed by atoms with E-state index in [2.05, 4.69) is 20.9 Å². The van der Waals surface area contributed by atoms with Crippen LogP contribution in [-0.4, -0.2) is 10.9 Å². The van der Waals surface area contributed by atoms with Gasteiger partial charge in [-0.15, -0.1) is 0 Å². The molecule has 0 spiro atoms. The summed E-state index contributed by atoms with van der Waals surface area (Å²) in [7, 11) is 0. The molecule has 0 bridgehead atoms.